The Morgan fingerprint density at radius 1 is 1.19 bits per heavy atom. The van der Waals surface area contributed by atoms with Gasteiger partial charge in [-0.2, -0.15) is 0 Å². The lowest BCUT2D eigenvalue weighted by Gasteiger charge is -2.65. The molecule has 4 rings (SSSR count). The van der Waals surface area contributed by atoms with Crippen molar-refractivity contribution in [3.05, 3.63) is 0 Å². The van der Waals surface area contributed by atoms with Crippen molar-refractivity contribution in [2.75, 3.05) is 12.4 Å². The summed E-state index contributed by atoms with van der Waals surface area (Å²) < 4.78 is 0. The van der Waals surface area contributed by atoms with Gasteiger partial charge in [-0.25, -0.2) is 0 Å². The summed E-state index contributed by atoms with van der Waals surface area (Å²) in [7, 11) is 0. The van der Waals surface area contributed by atoms with Crippen molar-refractivity contribution in [1.82, 2.24) is 5.32 Å². The summed E-state index contributed by atoms with van der Waals surface area (Å²) in [5.41, 5.74) is 1.28. The van der Waals surface area contributed by atoms with E-state index in [4.69, 9.17) is 11.6 Å². The van der Waals surface area contributed by atoms with Crippen LogP contribution in [-0.4, -0.2) is 18.3 Å². The minimum absolute atomic E-state index is 0.251. The zero-order chi connectivity index (χ0) is 15.3. The summed E-state index contributed by atoms with van der Waals surface area (Å²) >= 11 is 5.82. The summed E-state index contributed by atoms with van der Waals surface area (Å²) in [6.07, 6.45) is 8.74. The van der Waals surface area contributed by atoms with Crippen molar-refractivity contribution >= 4 is 17.5 Å². The Labute approximate surface area is 134 Å². The quantitative estimate of drug-likeness (QED) is 0.751. The first-order valence-corrected chi connectivity index (χ1v) is 9.12. The molecule has 4 bridgehead atoms. The third kappa shape index (κ3) is 3.11. The molecule has 4 aliphatic rings. The molecule has 0 heterocycles. The van der Waals surface area contributed by atoms with Crippen molar-refractivity contribution in [1.29, 1.82) is 0 Å². The predicted molar refractivity (Wildman–Crippen MR) is 87.3 cm³/mol. The summed E-state index contributed by atoms with van der Waals surface area (Å²) in [4.78, 5) is 12.4. The Kier molecular flexibility index (Phi) is 3.83. The number of carbonyl (C=O) groups is 1. The normalized spacial score (nSPS) is 45.6. The Morgan fingerprint density at radius 2 is 1.81 bits per heavy atom. The SMILES string of the molecule is CC(CCl)CNC(=O)CC12CC3CC(C)(CC(C)(C3)C1)C2. The Balaban J connectivity index is 1.66. The van der Waals surface area contributed by atoms with Gasteiger partial charge in [-0.1, -0.05) is 20.8 Å². The second-order valence-electron chi connectivity index (χ2n) is 9.37. The van der Waals surface area contributed by atoms with Crippen LogP contribution in [0.4, 0.5) is 0 Å². The molecule has 0 aromatic rings. The molecule has 4 saturated carbocycles. The second kappa shape index (κ2) is 5.15. The van der Waals surface area contributed by atoms with E-state index in [2.05, 4.69) is 26.1 Å². The van der Waals surface area contributed by atoms with Crippen molar-refractivity contribution in [3.63, 3.8) is 0 Å². The van der Waals surface area contributed by atoms with Gasteiger partial charge in [0, 0.05) is 18.8 Å². The highest BCUT2D eigenvalue weighted by Gasteiger charge is 2.60. The van der Waals surface area contributed by atoms with Crippen LogP contribution in [0.3, 0.4) is 0 Å². The lowest BCUT2D eigenvalue weighted by Crippen LogP contribution is -2.56. The molecule has 1 amide bonds. The topological polar surface area (TPSA) is 29.1 Å². The molecular formula is C18H30ClNO. The van der Waals surface area contributed by atoms with Crippen LogP contribution in [0.5, 0.6) is 0 Å². The van der Waals surface area contributed by atoms with Crippen LogP contribution < -0.4 is 5.32 Å². The number of hydrogen-bond acceptors (Lipinski definition) is 1. The largest absolute Gasteiger partial charge is 0.356 e. The summed E-state index contributed by atoms with van der Waals surface area (Å²) in [5.74, 6) is 2.10. The first-order chi connectivity index (χ1) is 9.76. The van der Waals surface area contributed by atoms with Gasteiger partial charge in [0.2, 0.25) is 5.91 Å². The van der Waals surface area contributed by atoms with E-state index in [1.54, 1.807) is 0 Å². The van der Waals surface area contributed by atoms with E-state index in [0.717, 1.165) is 18.9 Å². The van der Waals surface area contributed by atoms with E-state index in [1.165, 1.54) is 38.5 Å². The standard InChI is InChI=1S/C18H30ClNO/c1-13(8-19)9-20-15(21)7-18-6-14-4-16(2,11-18)10-17(3,5-14)12-18/h13-14H,4-12H2,1-3H3,(H,20,21). The van der Waals surface area contributed by atoms with Gasteiger partial charge >= 0.3 is 0 Å². The number of rotatable bonds is 5. The molecule has 21 heavy (non-hydrogen) atoms. The number of carbonyl (C=O) groups excluding carboxylic acids is 1. The average Bonchev–Trinajstić information content (AvgIpc) is 2.30. The maximum absolute atomic E-state index is 12.4. The summed E-state index contributed by atoms with van der Waals surface area (Å²) in [5, 5.41) is 3.11. The molecule has 1 N–H and O–H groups in total. The molecular weight excluding hydrogens is 282 g/mol. The molecule has 3 unspecified atom stereocenters. The van der Waals surface area contributed by atoms with Crippen molar-refractivity contribution < 1.29 is 4.79 Å². The zero-order valence-electron chi connectivity index (χ0n) is 13.8. The lowest BCUT2D eigenvalue weighted by atomic mass is 9.40. The summed E-state index contributed by atoms with van der Waals surface area (Å²) in [6, 6.07) is 0. The Morgan fingerprint density at radius 3 is 2.33 bits per heavy atom. The van der Waals surface area contributed by atoms with Crippen molar-refractivity contribution in [3.8, 4) is 0 Å². The van der Waals surface area contributed by atoms with Crippen LogP contribution in [0.15, 0.2) is 0 Å². The van der Waals surface area contributed by atoms with E-state index in [0.29, 0.717) is 22.6 Å². The second-order valence-corrected chi connectivity index (χ2v) is 9.68. The fourth-order valence-corrected chi connectivity index (χ4v) is 6.74. The fraction of sp³-hybridized carbons (Fsp3) is 0.944. The number of amides is 1. The molecule has 4 aliphatic carbocycles. The molecule has 0 aromatic carbocycles. The Bertz CT molecular complexity index is 417. The number of alkyl halides is 1. The minimum atomic E-state index is 0.251. The maximum Gasteiger partial charge on any atom is 0.220 e. The smallest absolute Gasteiger partial charge is 0.220 e. The van der Waals surface area contributed by atoms with Gasteiger partial charge in [-0.05, 0) is 66.6 Å². The van der Waals surface area contributed by atoms with Crippen molar-refractivity contribution in [2.24, 2.45) is 28.1 Å². The highest BCUT2D eigenvalue weighted by atomic mass is 35.5. The third-order valence-corrected chi connectivity index (χ3v) is 6.72. The average molecular weight is 312 g/mol. The molecule has 120 valence electrons. The number of halogens is 1. The first-order valence-electron chi connectivity index (χ1n) is 8.58. The van der Waals surface area contributed by atoms with E-state index in [-0.39, 0.29) is 11.3 Å². The van der Waals surface area contributed by atoms with E-state index >= 15 is 0 Å². The van der Waals surface area contributed by atoms with Crippen LogP contribution in [0.1, 0.15) is 65.7 Å². The van der Waals surface area contributed by atoms with Gasteiger partial charge in [-0.15, -0.1) is 11.6 Å². The number of hydrogen-bond donors (Lipinski definition) is 1. The molecule has 4 fully saturated rings. The fourth-order valence-electron chi connectivity index (χ4n) is 6.63. The molecule has 0 aromatic heterocycles. The highest BCUT2D eigenvalue weighted by Crippen LogP contribution is 2.70. The van der Waals surface area contributed by atoms with E-state index in [1.807, 2.05) is 0 Å². The van der Waals surface area contributed by atoms with Gasteiger partial charge in [0.25, 0.3) is 0 Å². The monoisotopic (exact) mass is 311 g/mol. The molecule has 3 atom stereocenters. The predicted octanol–water partition coefficient (Wildman–Crippen LogP) is 4.36. The molecule has 0 saturated heterocycles. The molecule has 0 radical (unpaired) electrons. The molecule has 2 nitrogen and oxygen atoms in total. The highest BCUT2D eigenvalue weighted by molar-refractivity contribution is 6.18. The number of nitrogens with one attached hydrogen (secondary N) is 1. The molecule has 0 aliphatic heterocycles. The van der Waals surface area contributed by atoms with Gasteiger partial charge in [-0.3, -0.25) is 4.79 Å². The van der Waals surface area contributed by atoms with Crippen LogP contribution in [0, 0.1) is 28.1 Å². The van der Waals surface area contributed by atoms with Gasteiger partial charge in [0.05, 0.1) is 0 Å². The maximum atomic E-state index is 12.4. The van der Waals surface area contributed by atoms with Gasteiger partial charge < -0.3 is 5.32 Å². The minimum Gasteiger partial charge on any atom is -0.356 e. The van der Waals surface area contributed by atoms with Crippen LogP contribution in [-0.2, 0) is 4.79 Å². The molecule has 0 spiro atoms. The third-order valence-electron chi connectivity index (χ3n) is 6.19. The van der Waals surface area contributed by atoms with E-state index in [9.17, 15) is 4.79 Å². The Hall–Kier alpha value is -0.240. The zero-order valence-corrected chi connectivity index (χ0v) is 14.6. The lowest BCUT2D eigenvalue weighted by molar-refractivity contribution is -0.156. The van der Waals surface area contributed by atoms with Crippen LogP contribution in [0.25, 0.3) is 0 Å². The van der Waals surface area contributed by atoms with Crippen LogP contribution >= 0.6 is 11.6 Å². The molecule has 3 heteroatoms. The van der Waals surface area contributed by atoms with E-state index < -0.39 is 0 Å². The van der Waals surface area contributed by atoms with Gasteiger partial charge in [0.15, 0.2) is 0 Å². The first kappa shape index (κ1) is 15.6. The van der Waals surface area contributed by atoms with Crippen LogP contribution in [0.2, 0.25) is 0 Å². The van der Waals surface area contributed by atoms with Gasteiger partial charge in [0.1, 0.15) is 0 Å². The summed E-state index contributed by atoms with van der Waals surface area (Å²) in [6.45, 7) is 7.74. The van der Waals surface area contributed by atoms with Crippen molar-refractivity contribution in [2.45, 2.75) is 65.7 Å².